The highest BCUT2D eigenvalue weighted by Crippen LogP contribution is 2.44. The third-order valence-electron chi connectivity index (χ3n) is 7.32. The van der Waals surface area contributed by atoms with Crippen LogP contribution >= 0.6 is 7.14 Å². The Morgan fingerprint density at radius 3 is 1.74 bits per heavy atom. The molecule has 2 nitrogen and oxygen atoms in total. The van der Waals surface area contributed by atoms with E-state index in [0.29, 0.717) is 0 Å². The molecule has 0 fully saturated rings. The molecule has 0 aliphatic rings. The number of hydrogen-bond donors (Lipinski definition) is 0. The van der Waals surface area contributed by atoms with E-state index < -0.39 is 7.14 Å². The van der Waals surface area contributed by atoms with Crippen LogP contribution in [0, 0.1) is 0 Å². The van der Waals surface area contributed by atoms with Gasteiger partial charge in [-0.15, -0.1) is 0 Å². The largest absolute Gasteiger partial charge is 0.309 e. The zero-order valence-electron chi connectivity index (χ0n) is 20.7. The minimum atomic E-state index is -3.12. The Morgan fingerprint density at radius 2 is 1.05 bits per heavy atom. The number of pyridine rings is 1. The topological polar surface area (TPSA) is 30.0 Å². The molecule has 0 unspecified atom stereocenters. The van der Waals surface area contributed by atoms with Gasteiger partial charge in [0.2, 0.25) is 0 Å². The number of aromatic nitrogens is 1. The van der Waals surface area contributed by atoms with E-state index in [1.54, 1.807) is 0 Å². The molecule has 7 aromatic rings. The van der Waals surface area contributed by atoms with Gasteiger partial charge in [-0.05, 0) is 16.8 Å². The molecule has 6 aromatic carbocycles. The highest BCUT2D eigenvalue weighted by molar-refractivity contribution is 7.85. The van der Waals surface area contributed by atoms with Gasteiger partial charge in [0.25, 0.3) is 0 Å². The molecule has 0 N–H and O–H groups in total. The summed E-state index contributed by atoms with van der Waals surface area (Å²) in [6.07, 6.45) is 0. The normalized spacial score (nSPS) is 11.8. The SMILES string of the molecule is O=P(c1ccccc1)(c1ccccc1)c1ccc2c(c1)nc(-c1ccccc1)c1ccc3ccccc3c12. The maximum atomic E-state index is 15.1. The van der Waals surface area contributed by atoms with Gasteiger partial charge in [-0.25, -0.2) is 4.98 Å². The van der Waals surface area contributed by atoms with E-state index in [4.69, 9.17) is 4.98 Å². The molecule has 0 bridgehead atoms. The fraction of sp³-hybridized carbons (Fsp3) is 0. The lowest BCUT2D eigenvalue weighted by molar-refractivity contribution is 0.592. The Hall–Kier alpha value is -4.52. The molecule has 0 aliphatic carbocycles. The summed E-state index contributed by atoms with van der Waals surface area (Å²) < 4.78 is 15.1. The molecule has 38 heavy (non-hydrogen) atoms. The Balaban J connectivity index is 1.59. The maximum absolute atomic E-state index is 15.1. The number of benzene rings is 6. The van der Waals surface area contributed by atoms with Crippen molar-refractivity contribution < 1.29 is 4.57 Å². The monoisotopic (exact) mass is 505 g/mol. The second-order valence-corrected chi connectivity index (χ2v) is 12.3. The zero-order valence-corrected chi connectivity index (χ0v) is 21.6. The fourth-order valence-corrected chi connectivity index (χ4v) is 8.17. The smallest absolute Gasteiger partial charge is 0.171 e. The Morgan fingerprint density at radius 1 is 0.474 bits per heavy atom. The van der Waals surface area contributed by atoms with E-state index in [1.165, 1.54) is 16.2 Å². The number of rotatable bonds is 4. The molecule has 0 amide bonds. The molecule has 180 valence electrons. The lowest BCUT2D eigenvalue weighted by Crippen LogP contribution is -2.25. The highest BCUT2D eigenvalue weighted by Gasteiger charge is 2.30. The van der Waals surface area contributed by atoms with Crippen LogP contribution in [0.4, 0.5) is 0 Å². The van der Waals surface area contributed by atoms with E-state index in [-0.39, 0.29) is 0 Å². The molecule has 1 heterocycles. The molecule has 0 atom stereocenters. The molecule has 1 aromatic heterocycles. The summed E-state index contributed by atoms with van der Waals surface area (Å²) >= 11 is 0. The van der Waals surface area contributed by atoms with Crippen LogP contribution in [0.2, 0.25) is 0 Å². The van der Waals surface area contributed by atoms with Gasteiger partial charge in [-0.2, -0.15) is 0 Å². The van der Waals surface area contributed by atoms with Gasteiger partial charge in [0.1, 0.15) is 0 Å². The summed E-state index contributed by atoms with van der Waals surface area (Å²) in [6.45, 7) is 0. The van der Waals surface area contributed by atoms with E-state index in [1.807, 2.05) is 91.0 Å². The van der Waals surface area contributed by atoms with Crippen LogP contribution in [0.15, 0.2) is 146 Å². The van der Waals surface area contributed by atoms with Crippen LogP contribution < -0.4 is 15.9 Å². The first kappa shape index (κ1) is 22.7. The summed E-state index contributed by atoms with van der Waals surface area (Å²) in [5.41, 5.74) is 2.84. The molecule has 0 saturated heterocycles. The number of hydrogen-bond acceptors (Lipinski definition) is 2. The van der Waals surface area contributed by atoms with Crippen molar-refractivity contribution in [2.75, 3.05) is 0 Å². The van der Waals surface area contributed by atoms with E-state index in [0.717, 1.165) is 43.5 Å². The third-order valence-corrected chi connectivity index (χ3v) is 10.4. The fourth-order valence-electron chi connectivity index (χ4n) is 5.50. The predicted molar refractivity (Wildman–Crippen MR) is 162 cm³/mol. The van der Waals surface area contributed by atoms with Gasteiger partial charge in [0, 0.05) is 37.6 Å². The molecule has 0 aliphatic heterocycles. The van der Waals surface area contributed by atoms with E-state index in [9.17, 15) is 0 Å². The standard InChI is InChI=1S/C35H24NOP/c37-38(27-15-6-2-7-16-27,28-17-8-3-9-18-28)29-21-23-31-33(24-29)36-35(26-13-4-1-5-14-26)32-22-20-25-12-10-11-19-30(25)34(31)32/h1-24H. The van der Waals surface area contributed by atoms with Crippen molar-refractivity contribution in [1.82, 2.24) is 4.98 Å². The van der Waals surface area contributed by atoms with Crippen LogP contribution in [0.3, 0.4) is 0 Å². The maximum Gasteiger partial charge on any atom is 0.171 e. The molecule has 0 saturated carbocycles. The second kappa shape index (κ2) is 9.10. The third kappa shape index (κ3) is 3.57. The molecule has 0 spiro atoms. The van der Waals surface area contributed by atoms with Gasteiger partial charge in [0.05, 0.1) is 11.2 Å². The first-order valence-electron chi connectivity index (χ1n) is 12.8. The van der Waals surface area contributed by atoms with Gasteiger partial charge in [0.15, 0.2) is 7.14 Å². The van der Waals surface area contributed by atoms with Gasteiger partial charge < -0.3 is 4.57 Å². The summed E-state index contributed by atoms with van der Waals surface area (Å²) in [6, 6.07) is 49.0. The number of fused-ring (bicyclic) bond motifs is 5. The first-order chi connectivity index (χ1) is 18.7. The van der Waals surface area contributed by atoms with E-state index >= 15 is 4.57 Å². The highest BCUT2D eigenvalue weighted by atomic mass is 31.2. The quantitative estimate of drug-likeness (QED) is 0.180. The predicted octanol–water partition coefficient (Wildman–Crippen LogP) is 7.85. The second-order valence-electron chi connectivity index (χ2n) is 9.52. The van der Waals surface area contributed by atoms with Crippen molar-refractivity contribution in [2.24, 2.45) is 0 Å². The minimum absolute atomic E-state index is 0.786. The molecule has 0 radical (unpaired) electrons. The Kier molecular flexibility index (Phi) is 5.43. The molecular weight excluding hydrogens is 481 g/mol. The molecule has 7 rings (SSSR count). The van der Waals surface area contributed by atoms with Crippen LogP contribution in [-0.4, -0.2) is 4.98 Å². The summed E-state index contributed by atoms with van der Waals surface area (Å²) in [5, 5.41) is 8.16. The molecule has 3 heteroatoms. The molecular formula is C35H24NOP. The lowest BCUT2D eigenvalue weighted by atomic mass is 9.95. The van der Waals surface area contributed by atoms with Crippen molar-refractivity contribution in [3.8, 4) is 11.3 Å². The van der Waals surface area contributed by atoms with Crippen molar-refractivity contribution >= 4 is 55.5 Å². The van der Waals surface area contributed by atoms with Crippen LogP contribution in [0.1, 0.15) is 0 Å². The van der Waals surface area contributed by atoms with Gasteiger partial charge >= 0.3 is 0 Å². The lowest BCUT2D eigenvalue weighted by Gasteiger charge is -2.21. The van der Waals surface area contributed by atoms with Crippen molar-refractivity contribution in [3.05, 3.63) is 146 Å². The van der Waals surface area contributed by atoms with Crippen molar-refractivity contribution in [1.29, 1.82) is 0 Å². The minimum Gasteiger partial charge on any atom is -0.309 e. The first-order valence-corrected chi connectivity index (χ1v) is 14.5. The van der Waals surface area contributed by atoms with Crippen molar-refractivity contribution in [3.63, 3.8) is 0 Å². The van der Waals surface area contributed by atoms with Gasteiger partial charge in [-0.3, -0.25) is 0 Å². The summed E-state index contributed by atoms with van der Waals surface area (Å²) in [4.78, 5) is 5.22. The van der Waals surface area contributed by atoms with Crippen LogP contribution in [-0.2, 0) is 4.57 Å². The van der Waals surface area contributed by atoms with Gasteiger partial charge in [-0.1, -0.05) is 140 Å². The number of nitrogens with zero attached hydrogens (tertiary/aromatic N) is 1. The summed E-state index contributed by atoms with van der Waals surface area (Å²) in [5.74, 6) is 0. The van der Waals surface area contributed by atoms with E-state index in [2.05, 4.69) is 54.6 Å². The average Bonchev–Trinajstić information content (AvgIpc) is 3.01. The summed E-state index contributed by atoms with van der Waals surface area (Å²) in [7, 11) is -3.12. The Bertz CT molecular complexity index is 1940. The average molecular weight is 506 g/mol. The van der Waals surface area contributed by atoms with Crippen LogP contribution in [0.5, 0.6) is 0 Å². The zero-order chi connectivity index (χ0) is 25.5. The van der Waals surface area contributed by atoms with Crippen LogP contribution in [0.25, 0.3) is 43.7 Å². The Labute approximate surface area is 221 Å². The van der Waals surface area contributed by atoms with Crippen molar-refractivity contribution in [2.45, 2.75) is 0 Å².